The molecule has 96 valence electrons. The van der Waals surface area contributed by atoms with E-state index < -0.39 is 0 Å². The molecule has 1 saturated carbocycles. The molecule has 0 aromatic rings. The van der Waals surface area contributed by atoms with Gasteiger partial charge in [0, 0.05) is 18.6 Å². The number of urea groups is 1. The molecule has 0 aromatic heterocycles. The van der Waals surface area contributed by atoms with Crippen LogP contribution in [0.1, 0.15) is 52.4 Å². The molecule has 1 aliphatic carbocycles. The molecule has 0 heterocycles. The Hall–Kier alpha value is -1.24. The van der Waals surface area contributed by atoms with Crippen LogP contribution in [0.5, 0.6) is 0 Å². The highest BCUT2D eigenvalue weighted by molar-refractivity contribution is 5.74. The van der Waals surface area contributed by atoms with Crippen molar-refractivity contribution in [3.63, 3.8) is 0 Å². The summed E-state index contributed by atoms with van der Waals surface area (Å²) in [4.78, 5) is 13.8. The van der Waals surface area contributed by atoms with Crippen molar-refractivity contribution < 1.29 is 4.79 Å². The van der Waals surface area contributed by atoms with Crippen LogP contribution in [0.25, 0.3) is 0 Å². The summed E-state index contributed by atoms with van der Waals surface area (Å²) >= 11 is 0. The minimum absolute atomic E-state index is 0.0119. The Labute approximate surface area is 104 Å². The van der Waals surface area contributed by atoms with Gasteiger partial charge >= 0.3 is 6.03 Å². The monoisotopic (exact) mass is 237 g/mol. The van der Waals surface area contributed by atoms with Gasteiger partial charge in [0.25, 0.3) is 0 Å². The summed E-state index contributed by atoms with van der Waals surface area (Å²) in [5.41, 5.74) is 0. The smallest absolute Gasteiger partial charge is 0.317 e. The van der Waals surface area contributed by atoms with Crippen LogP contribution in [0, 0.1) is 11.3 Å². The van der Waals surface area contributed by atoms with Gasteiger partial charge in [-0.25, -0.2) is 4.79 Å². The summed E-state index contributed by atoms with van der Waals surface area (Å²) in [5.74, 6) is 0. The predicted molar refractivity (Wildman–Crippen MR) is 67.5 cm³/mol. The van der Waals surface area contributed by atoms with Crippen molar-refractivity contribution in [1.29, 1.82) is 5.26 Å². The lowest BCUT2D eigenvalue weighted by molar-refractivity contribution is 0.177. The SMILES string of the molecule is CC(C)N(CCC#N)C(=O)NC1CCCCC1. The molecule has 1 fully saturated rings. The average molecular weight is 237 g/mol. The Bertz CT molecular complexity index is 277. The molecular formula is C13H23N3O. The van der Waals surface area contributed by atoms with Crippen molar-refractivity contribution in [2.45, 2.75) is 64.5 Å². The number of carbonyl (C=O) groups is 1. The number of carbonyl (C=O) groups excluding carboxylic acids is 1. The van der Waals surface area contributed by atoms with Gasteiger partial charge in [-0.1, -0.05) is 19.3 Å². The Morgan fingerprint density at radius 1 is 1.41 bits per heavy atom. The van der Waals surface area contributed by atoms with Crippen LogP contribution in [0.3, 0.4) is 0 Å². The fourth-order valence-corrected chi connectivity index (χ4v) is 2.27. The zero-order valence-electron chi connectivity index (χ0n) is 10.9. The number of nitrogens with one attached hydrogen (secondary N) is 1. The van der Waals surface area contributed by atoms with Gasteiger partial charge in [0.15, 0.2) is 0 Å². The van der Waals surface area contributed by atoms with E-state index in [4.69, 9.17) is 5.26 Å². The standard InChI is InChI=1S/C13H23N3O/c1-11(2)16(10-6-9-14)13(17)15-12-7-4-3-5-8-12/h11-12H,3-8,10H2,1-2H3,(H,15,17). The Balaban J connectivity index is 2.43. The number of rotatable bonds is 4. The second-order valence-corrected chi connectivity index (χ2v) is 4.98. The first-order valence-electron chi connectivity index (χ1n) is 6.59. The highest BCUT2D eigenvalue weighted by Crippen LogP contribution is 2.17. The molecule has 0 aliphatic heterocycles. The third-order valence-corrected chi connectivity index (χ3v) is 3.28. The van der Waals surface area contributed by atoms with Crippen molar-refractivity contribution in [3.05, 3.63) is 0 Å². The Morgan fingerprint density at radius 3 is 2.59 bits per heavy atom. The third kappa shape index (κ3) is 4.64. The van der Waals surface area contributed by atoms with Gasteiger partial charge in [-0.05, 0) is 26.7 Å². The largest absolute Gasteiger partial charge is 0.335 e. The highest BCUT2D eigenvalue weighted by Gasteiger charge is 2.21. The number of nitriles is 1. The summed E-state index contributed by atoms with van der Waals surface area (Å²) in [7, 11) is 0. The van der Waals surface area contributed by atoms with E-state index in [1.54, 1.807) is 4.90 Å². The molecule has 0 spiro atoms. The second kappa shape index (κ2) is 7.16. The lowest BCUT2D eigenvalue weighted by Crippen LogP contribution is -2.48. The van der Waals surface area contributed by atoms with Gasteiger partial charge in [0.2, 0.25) is 0 Å². The predicted octanol–water partition coefficient (Wildman–Crippen LogP) is 2.65. The van der Waals surface area contributed by atoms with Crippen molar-refractivity contribution in [3.8, 4) is 6.07 Å². The minimum Gasteiger partial charge on any atom is -0.335 e. The van der Waals surface area contributed by atoms with Gasteiger partial charge < -0.3 is 10.2 Å². The van der Waals surface area contributed by atoms with Crippen LogP contribution in [-0.2, 0) is 0 Å². The van der Waals surface area contributed by atoms with E-state index in [9.17, 15) is 4.79 Å². The van der Waals surface area contributed by atoms with Crippen molar-refractivity contribution in [1.82, 2.24) is 10.2 Å². The van der Waals surface area contributed by atoms with Crippen molar-refractivity contribution in [2.24, 2.45) is 0 Å². The zero-order chi connectivity index (χ0) is 12.7. The first kappa shape index (κ1) is 13.8. The molecule has 17 heavy (non-hydrogen) atoms. The van der Waals surface area contributed by atoms with Crippen LogP contribution in [0.2, 0.25) is 0 Å². The molecule has 4 heteroatoms. The number of hydrogen-bond acceptors (Lipinski definition) is 2. The normalized spacial score (nSPS) is 16.6. The second-order valence-electron chi connectivity index (χ2n) is 4.98. The molecule has 0 aromatic carbocycles. The average Bonchev–Trinajstić information content (AvgIpc) is 2.30. The van der Waals surface area contributed by atoms with E-state index in [0.717, 1.165) is 12.8 Å². The lowest BCUT2D eigenvalue weighted by atomic mass is 9.96. The lowest BCUT2D eigenvalue weighted by Gasteiger charge is -2.30. The molecule has 0 bridgehead atoms. The first-order chi connectivity index (χ1) is 8.15. The van der Waals surface area contributed by atoms with Crippen molar-refractivity contribution >= 4 is 6.03 Å². The summed E-state index contributed by atoms with van der Waals surface area (Å²) in [6, 6.07) is 2.56. The van der Waals surface area contributed by atoms with Gasteiger partial charge in [0.1, 0.15) is 0 Å². The summed E-state index contributed by atoms with van der Waals surface area (Å²) in [5, 5.41) is 11.7. The van der Waals surface area contributed by atoms with Gasteiger partial charge in [-0.15, -0.1) is 0 Å². The van der Waals surface area contributed by atoms with Crippen molar-refractivity contribution in [2.75, 3.05) is 6.54 Å². The molecule has 1 rings (SSSR count). The fraction of sp³-hybridized carbons (Fsp3) is 0.846. The van der Waals surface area contributed by atoms with Crippen LogP contribution in [-0.4, -0.2) is 29.6 Å². The molecule has 1 N–H and O–H groups in total. The summed E-state index contributed by atoms with van der Waals surface area (Å²) in [6.45, 7) is 4.49. The molecule has 0 atom stereocenters. The van der Waals surface area contributed by atoms with Crippen LogP contribution >= 0.6 is 0 Å². The minimum atomic E-state index is -0.0119. The Morgan fingerprint density at radius 2 is 2.06 bits per heavy atom. The van der Waals surface area contributed by atoms with E-state index in [0.29, 0.717) is 19.0 Å². The summed E-state index contributed by atoms with van der Waals surface area (Å²) in [6.07, 6.45) is 6.30. The summed E-state index contributed by atoms with van der Waals surface area (Å²) < 4.78 is 0. The molecule has 2 amide bonds. The maximum Gasteiger partial charge on any atom is 0.317 e. The third-order valence-electron chi connectivity index (χ3n) is 3.28. The highest BCUT2D eigenvalue weighted by atomic mass is 16.2. The number of nitrogens with zero attached hydrogens (tertiary/aromatic N) is 2. The fourth-order valence-electron chi connectivity index (χ4n) is 2.27. The molecule has 0 radical (unpaired) electrons. The van der Waals surface area contributed by atoms with E-state index in [1.165, 1.54) is 19.3 Å². The molecule has 4 nitrogen and oxygen atoms in total. The molecule has 0 saturated heterocycles. The van der Waals surface area contributed by atoms with Crippen LogP contribution in [0.4, 0.5) is 4.79 Å². The van der Waals surface area contributed by atoms with E-state index >= 15 is 0 Å². The quantitative estimate of drug-likeness (QED) is 0.817. The number of amides is 2. The van der Waals surface area contributed by atoms with E-state index in [1.807, 2.05) is 13.8 Å². The maximum atomic E-state index is 12.1. The zero-order valence-corrected chi connectivity index (χ0v) is 10.9. The first-order valence-corrected chi connectivity index (χ1v) is 6.59. The van der Waals surface area contributed by atoms with Gasteiger partial charge in [0.05, 0.1) is 12.5 Å². The van der Waals surface area contributed by atoms with E-state index in [-0.39, 0.29) is 12.1 Å². The van der Waals surface area contributed by atoms with Crippen LogP contribution in [0.15, 0.2) is 0 Å². The van der Waals surface area contributed by atoms with Gasteiger partial charge in [-0.2, -0.15) is 5.26 Å². The topological polar surface area (TPSA) is 56.1 Å². The maximum absolute atomic E-state index is 12.1. The van der Waals surface area contributed by atoms with E-state index in [2.05, 4.69) is 11.4 Å². The molecular weight excluding hydrogens is 214 g/mol. The molecule has 0 unspecified atom stereocenters. The van der Waals surface area contributed by atoms with Gasteiger partial charge in [-0.3, -0.25) is 0 Å². The number of hydrogen-bond donors (Lipinski definition) is 1. The molecule has 1 aliphatic rings. The van der Waals surface area contributed by atoms with Crippen LogP contribution < -0.4 is 5.32 Å². The Kier molecular flexibility index (Phi) is 5.82.